The van der Waals surface area contributed by atoms with Gasteiger partial charge in [0.1, 0.15) is 18.9 Å². The Kier molecular flexibility index (Phi) is 18.5. The van der Waals surface area contributed by atoms with Crippen molar-refractivity contribution in [2.45, 2.75) is 121 Å². The van der Waals surface area contributed by atoms with Gasteiger partial charge in [-0.3, -0.25) is 43.3 Å². The van der Waals surface area contributed by atoms with E-state index in [9.17, 15) is 33.9 Å². The van der Waals surface area contributed by atoms with Crippen molar-refractivity contribution in [3.05, 3.63) is 99.0 Å². The quantitative estimate of drug-likeness (QED) is 0.0385. The first kappa shape index (κ1) is 52.1. The number of ether oxygens (including phenoxy) is 4. The number of nitrogens with one attached hydrogen (secondary N) is 2. The number of amides is 5. The van der Waals surface area contributed by atoms with Crippen LogP contribution in [0.3, 0.4) is 0 Å². The molecule has 1 aromatic heterocycles. The van der Waals surface area contributed by atoms with Gasteiger partial charge in [0.25, 0.3) is 5.91 Å². The van der Waals surface area contributed by atoms with Crippen LogP contribution < -0.4 is 27.0 Å². The van der Waals surface area contributed by atoms with Gasteiger partial charge in [0.15, 0.2) is 0 Å². The lowest BCUT2D eigenvalue weighted by molar-refractivity contribution is -0.149. The van der Waals surface area contributed by atoms with Gasteiger partial charge in [0.2, 0.25) is 23.6 Å². The summed E-state index contributed by atoms with van der Waals surface area (Å²) in [4.78, 5) is 78.1. The van der Waals surface area contributed by atoms with Crippen molar-refractivity contribution in [3.63, 3.8) is 0 Å². The highest BCUT2D eigenvalue weighted by Gasteiger charge is 2.41. The zero-order valence-corrected chi connectivity index (χ0v) is 40.7. The fourth-order valence-corrected chi connectivity index (χ4v) is 9.70. The average molecular weight is 968 g/mol. The lowest BCUT2D eigenvalue weighted by atomic mass is 10.0. The predicted molar refractivity (Wildman–Crippen MR) is 262 cm³/mol. The molecular formula is C52H69N7O11. The zero-order valence-electron chi connectivity index (χ0n) is 40.7. The highest BCUT2D eigenvalue weighted by Crippen LogP contribution is 2.39. The smallest absolute Gasteiger partial charge is 0.329 e. The molecule has 1 fully saturated rings. The number of aromatic nitrogens is 2. The second kappa shape index (κ2) is 24.9. The summed E-state index contributed by atoms with van der Waals surface area (Å²) in [6.07, 6.45) is 5.21. The fraction of sp³-hybridized carbons (Fsp3) is 0.538. The summed E-state index contributed by atoms with van der Waals surface area (Å²) in [5, 5.41) is 17.7. The lowest BCUT2D eigenvalue weighted by Crippen LogP contribution is -2.56. The molecule has 0 radical (unpaired) electrons. The van der Waals surface area contributed by atoms with Gasteiger partial charge < -0.3 is 40.0 Å². The second-order valence-corrected chi connectivity index (χ2v) is 18.6. The van der Waals surface area contributed by atoms with Crippen molar-refractivity contribution < 1.29 is 48.0 Å². The minimum atomic E-state index is -1.04. The van der Waals surface area contributed by atoms with Crippen LogP contribution in [0.25, 0.3) is 11.0 Å². The largest absolute Gasteiger partial charge is 0.379 e. The lowest BCUT2D eigenvalue weighted by Gasteiger charge is -2.34. The molecule has 5 atom stereocenters. The second-order valence-electron chi connectivity index (χ2n) is 18.6. The van der Waals surface area contributed by atoms with Crippen LogP contribution in [0.4, 0.5) is 5.69 Å². The molecule has 0 bridgehead atoms. The van der Waals surface area contributed by atoms with Crippen LogP contribution in [0.15, 0.2) is 65.5 Å². The number of imidazole rings is 1. The molecule has 18 nitrogen and oxygen atoms in total. The third kappa shape index (κ3) is 13.1. The van der Waals surface area contributed by atoms with Gasteiger partial charge in [0.05, 0.1) is 61.9 Å². The number of hydrogen-bond acceptors (Lipinski definition) is 12. The maximum absolute atomic E-state index is 13.2. The SMILES string of the molecule is C[C@@H](OCc1ccc(CCCNC(=O)COCCOCCOCCCc2ccc3c(c2)n(C)c(=O)n3C2CCC(=O)N(C)C2=O)cc1)[C@H](CCC(N)=O)NC(O)[C@@H]1Cc2cccc3c2N1C(=O)CCC3. The summed E-state index contributed by atoms with van der Waals surface area (Å²) in [6.45, 7) is 4.65. The number of fused-ring (bicyclic) bond motifs is 1. The molecule has 0 saturated carbocycles. The number of benzene rings is 3. The van der Waals surface area contributed by atoms with E-state index in [0.717, 1.165) is 82.4 Å². The van der Waals surface area contributed by atoms with Crippen molar-refractivity contribution in [3.8, 4) is 0 Å². The van der Waals surface area contributed by atoms with Crippen molar-refractivity contribution in [2.75, 3.05) is 58.1 Å². The number of carbonyl (C=O) groups excluding carboxylic acids is 5. The Hall–Kier alpha value is -5.76. The molecule has 3 aromatic carbocycles. The number of rotatable bonds is 27. The predicted octanol–water partition coefficient (Wildman–Crippen LogP) is 3.13. The molecular weight excluding hydrogens is 899 g/mol. The number of para-hydroxylation sites is 1. The first-order chi connectivity index (χ1) is 33.8. The number of likely N-dealkylation sites (N-methyl/N-ethyl adjacent to an activating group) is 1. The van der Waals surface area contributed by atoms with Gasteiger partial charge in [-0.2, -0.15) is 0 Å². The number of imide groups is 1. The van der Waals surface area contributed by atoms with E-state index >= 15 is 0 Å². The third-order valence-corrected chi connectivity index (χ3v) is 13.6. The number of carbonyl (C=O) groups is 5. The van der Waals surface area contributed by atoms with Crippen LogP contribution in [-0.4, -0.2) is 126 Å². The number of nitrogens with two attached hydrogens (primary N) is 1. The standard InChI is InChI=1S/C52H69N7O11/c1-34(40(19-22-45(53)60)55-50(64)44-31-39-12-4-10-38-11-5-13-48(63)59(44)49(38)39)70-32-37-16-14-35(15-17-37)8-6-24-54-46(61)33-69-29-28-68-27-26-67-25-7-9-36-18-20-41-43(30-36)56(2)52(66)58(41)42-21-23-47(62)57(3)51(42)65/h4,10,12,14-18,20,30,34,40,42,44,50,55,64H,5-9,11,13,19,21-29,31-33H2,1-3H3,(H2,53,60)(H,54,61)/t34-,40+,42?,44+,50?/m1/s1. The molecule has 70 heavy (non-hydrogen) atoms. The number of aliphatic hydroxyl groups is 1. The first-order valence-electron chi connectivity index (χ1n) is 24.7. The summed E-state index contributed by atoms with van der Waals surface area (Å²) in [6, 6.07) is 18.4. The van der Waals surface area contributed by atoms with E-state index in [1.807, 2.05) is 61.5 Å². The van der Waals surface area contributed by atoms with Crippen molar-refractivity contribution in [1.82, 2.24) is 24.7 Å². The number of aryl methyl sites for hydroxylation is 4. The molecule has 0 aliphatic carbocycles. The molecule has 5 N–H and O–H groups in total. The fourth-order valence-electron chi connectivity index (χ4n) is 9.70. The average Bonchev–Trinajstić information content (AvgIpc) is 3.80. The minimum Gasteiger partial charge on any atom is -0.379 e. The summed E-state index contributed by atoms with van der Waals surface area (Å²) in [5.74, 6) is -1.22. The monoisotopic (exact) mass is 968 g/mol. The molecule has 4 heterocycles. The van der Waals surface area contributed by atoms with Gasteiger partial charge in [-0.1, -0.05) is 48.5 Å². The maximum atomic E-state index is 13.2. The molecule has 5 amide bonds. The van der Waals surface area contributed by atoms with Crippen LogP contribution in [0, 0.1) is 0 Å². The molecule has 18 heteroatoms. The Labute approximate surface area is 408 Å². The zero-order chi connectivity index (χ0) is 49.7. The summed E-state index contributed by atoms with van der Waals surface area (Å²) < 4.78 is 26.1. The van der Waals surface area contributed by atoms with E-state index in [0.29, 0.717) is 70.8 Å². The Balaban J connectivity index is 0.717. The van der Waals surface area contributed by atoms with Crippen molar-refractivity contribution in [1.29, 1.82) is 0 Å². The number of anilines is 1. The Morgan fingerprint density at radius 3 is 2.29 bits per heavy atom. The molecule has 4 aromatic rings. The van der Waals surface area contributed by atoms with Gasteiger partial charge in [-0.05, 0) is 105 Å². The first-order valence-corrected chi connectivity index (χ1v) is 24.7. The number of hydrogen-bond donors (Lipinski definition) is 4. The molecule has 2 unspecified atom stereocenters. The molecule has 0 spiro atoms. The molecule has 378 valence electrons. The van der Waals surface area contributed by atoms with Crippen LogP contribution in [0.2, 0.25) is 0 Å². The van der Waals surface area contributed by atoms with E-state index in [-0.39, 0.29) is 61.5 Å². The van der Waals surface area contributed by atoms with Gasteiger partial charge >= 0.3 is 5.69 Å². The van der Waals surface area contributed by atoms with Crippen molar-refractivity contribution in [2.24, 2.45) is 12.8 Å². The third-order valence-electron chi connectivity index (χ3n) is 13.6. The maximum Gasteiger partial charge on any atom is 0.329 e. The van der Waals surface area contributed by atoms with E-state index in [1.54, 1.807) is 16.5 Å². The highest BCUT2D eigenvalue weighted by atomic mass is 16.5. The minimum absolute atomic E-state index is 0.0124. The van der Waals surface area contributed by atoms with Crippen LogP contribution >= 0.6 is 0 Å². The normalized spacial score (nSPS) is 18.3. The topological polar surface area (TPSA) is 226 Å². The number of nitrogens with zero attached hydrogens (tertiary/aromatic N) is 4. The number of aliphatic hydroxyl groups excluding tert-OH is 1. The molecule has 7 rings (SSSR count). The van der Waals surface area contributed by atoms with Crippen LogP contribution in [-0.2, 0) is 82.3 Å². The van der Waals surface area contributed by atoms with Gasteiger partial charge in [-0.15, -0.1) is 0 Å². The van der Waals surface area contributed by atoms with Crippen LogP contribution in [0.5, 0.6) is 0 Å². The van der Waals surface area contributed by atoms with E-state index in [2.05, 4.69) is 16.7 Å². The molecule has 3 aliphatic rings. The number of piperidine rings is 1. The van der Waals surface area contributed by atoms with Crippen LogP contribution in [0.1, 0.15) is 92.1 Å². The molecule has 3 aliphatic heterocycles. The Morgan fingerprint density at radius 1 is 0.814 bits per heavy atom. The van der Waals surface area contributed by atoms with Crippen molar-refractivity contribution >= 4 is 46.3 Å². The van der Waals surface area contributed by atoms with Gasteiger partial charge in [-0.25, -0.2) is 4.79 Å². The van der Waals surface area contributed by atoms with E-state index < -0.39 is 30.3 Å². The summed E-state index contributed by atoms with van der Waals surface area (Å²) in [7, 11) is 3.15. The highest BCUT2D eigenvalue weighted by molar-refractivity contribution is 6.00. The Morgan fingerprint density at radius 2 is 1.51 bits per heavy atom. The van der Waals surface area contributed by atoms with Gasteiger partial charge in [0, 0.05) is 52.6 Å². The Bertz CT molecular complexity index is 2520. The number of likely N-dealkylation sites (tertiary alicyclic amines) is 1. The summed E-state index contributed by atoms with van der Waals surface area (Å²) in [5.41, 5.74) is 12.9. The number of primary amides is 1. The molecule has 1 saturated heterocycles. The van der Waals surface area contributed by atoms with E-state index in [1.165, 1.54) is 11.6 Å². The van der Waals surface area contributed by atoms with E-state index in [4.69, 9.17) is 24.7 Å². The summed E-state index contributed by atoms with van der Waals surface area (Å²) >= 11 is 0.